The van der Waals surface area contributed by atoms with E-state index >= 15 is 0 Å². The van der Waals surface area contributed by atoms with Crippen molar-refractivity contribution in [2.75, 3.05) is 12.3 Å². The minimum atomic E-state index is -0.625. The Hall–Kier alpha value is -1.71. The van der Waals surface area contributed by atoms with Gasteiger partial charge in [0.2, 0.25) is 0 Å². The third-order valence-corrected chi connectivity index (χ3v) is 2.25. The third-order valence-electron chi connectivity index (χ3n) is 2.25. The predicted octanol–water partition coefficient (Wildman–Crippen LogP) is 1.91. The molecule has 1 rings (SSSR count). The molecule has 4 nitrogen and oxygen atoms in total. The highest BCUT2D eigenvalue weighted by Crippen LogP contribution is 2.23. The van der Waals surface area contributed by atoms with E-state index in [1.807, 2.05) is 6.92 Å². The Balaban J connectivity index is 2.73. The van der Waals surface area contributed by atoms with E-state index in [-0.39, 0.29) is 5.97 Å². The fraction of sp³-hybridized carbons (Fsp3) is 0.417. The number of hydrogen-bond acceptors (Lipinski definition) is 4. The molecule has 1 aromatic rings. The van der Waals surface area contributed by atoms with Crippen LogP contribution in [0.4, 0.5) is 5.69 Å². The van der Waals surface area contributed by atoms with Gasteiger partial charge in [-0.15, -0.1) is 0 Å². The summed E-state index contributed by atoms with van der Waals surface area (Å²) in [6, 6.07) is 5.36. The normalized spacial score (nSPS) is 11.9. The molecule has 0 saturated carbocycles. The molecular formula is C12H17NO3. The van der Waals surface area contributed by atoms with Gasteiger partial charge in [-0.25, -0.2) is 4.79 Å². The van der Waals surface area contributed by atoms with E-state index in [2.05, 4.69) is 0 Å². The quantitative estimate of drug-likeness (QED) is 0.625. The minimum Gasteiger partial charge on any atom is -0.479 e. The molecule has 1 unspecified atom stereocenters. The summed E-state index contributed by atoms with van der Waals surface area (Å²) in [6.45, 7) is 5.61. The molecule has 0 radical (unpaired) electrons. The van der Waals surface area contributed by atoms with Crippen molar-refractivity contribution >= 4 is 11.7 Å². The van der Waals surface area contributed by atoms with Crippen LogP contribution in [0.15, 0.2) is 18.2 Å². The number of ether oxygens (including phenoxy) is 2. The average Bonchev–Trinajstić information content (AvgIpc) is 2.25. The molecule has 0 amide bonds. The van der Waals surface area contributed by atoms with E-state index in [1.165, 1.54) is 0 Å². The van der Waals surface area contributed by atoms with Crippen LogP contribution in [0.5, 0.6) is 5.75 Å². The van der Waals surface area contributed by atoms with Gasteiger partial charge >= 0.3 is 5.97 Å². The summed E-state index contributed by atoms with van der Waals surface area (Å²) in [7, 11) is 0. The van der Waals surface area contributed by atoms with Gasteiger partial charge in [0.1, 0.15) is 5.75 Å². The topological polar surface area (TPSA) is 61.5 Å². The van der Waals surface area contributed by atoms with Gasteiger partial charge in [-0.1, -0.05) is 6.07 Å². The molecule has 0 bridgehead atoms. The van der Waals surface area contributed by atoms with Crippen molar-refractivity contribution in [3.8, 4) is 5.75 Å². The summed E-state index contributed by atoms with van der Waals surface area (Å²) in [5, 5.41) is 0. The molecular weight excluding hydrogens is 206 g/mol. The number of carbonyl (C=O) groups is 1. The number of nitrogen functional groups attached to an aromatic ring is 1. The summed E-state index contributed by atoms with van der Waals surface area (Å²) < 4.78 is 10.3. The first-order valence-corrected chi connectivity index (χ1v) is 5.24. The van der Waals surface area contributed by atoms with E-state index in [9.17, 15) is 4.79 Å². The van der Waals surface area contributed by atoms with E-state index in [4.69, 9.17) is 15.2 Å². The van der Waals surface area contributed by atoms with Crippen molar-refractivity contribution < 1.29 is 14.3 Å². The number of esters is 1. The first-order chi connectivity index (χ1) is 7.56. The maximum atomic E-state index is 11.4. The van der Waals surface area contributed by atoms with Crippen molar-refractivity contribution in [1.82, 2.24) is 0 Å². The molecule has 0 aliphatic rings. The van der Waals surface area contributed by atoms with Gasteiger partial charge in [0, 0.05) is 11.3 Å². The molecule has 1 atom stereocenters. The monoisotopic (exact) mass is 223 g/mol. The van der Waals surface area contributed by atoms with E-state index in [0.717, 1.165) is 5.56 Å². The number of carbonyl (C=O) groups excluding carboxylic acids is 1. The zero-order chi connectivity index (χ0) is 12.1. The Morgan fingerprint density at radius 1 is 1.50 bits per heavy atom. The largest absolute Gasteiger partial charge is 0.479 e. The number of nitrogens with two attached hydrogens (primary N) is 1. The van der Waals surface area contributed by atoms with E-state index in [0.29, 0.717) is 18.0 Å². The lowest BCUT2D eigenvalue weighted by molar-refractivity contribution is -0.150. The van der Waals surface area contributed by atoms with Crippen molar-refractivity contribution in [3.05, 3.63) is 23.8 Å². The van der Waals surface area contributed by atoms with Crippen LogP contribution in [0.25, 0.3) is 0 Å². The van der Waals surface area contributed by atoms with Crippen molar-refractivity contribution in [2.24, 2.45) is 0 Å². The number of anilines is 1. The molecule has 88 valence electrons. The molecule has 1 aromatic carbocycles. The van der Waals surface area contributed by atoms with Crippen molar-refractivity contribution in [1.29, 1.82) is 0 Å². The fourth-order valence-electron chi connectivity index (χ4n) is 1.26. The Morgan fingerprint density at radius 3 is 2.81 bits per heavy atom. The van der Waals surface area contributed by atoms with Crippen LogP contribution in [-0.4, -0.2) is 18.7 Å². The van der Waals surface area contributed by atoms with Gasteiger partial charge in [-0.3, -0.25) is 0 Å². The third kappa shape index (κ3) is 2.89. The second-order valence-electron chi connectivity index (χ2n) is 3.48. The van der Waals surface area contributed by atoms with Gasteiger partial charge in [0.05, 0.1) is 6.61 Å². The average molecular weight is 223 g/mol. The molecule has 16 heavy (non-hydrogen) atoms. The van der Waals surface area contributed by atoms with Crippen LogP contribution in [-0.2, 0) is 9.53 Å². The van der Waals surface area contributed by atoms with Crippen LogP contribution in [0.1, 0.15) is 19.4 Å². The Bertz CT molecular complexity index is 377. The molecule has 0 aliphatic carbocycles. The maximum Gasteiger partial charge on any atom is 0.347 e. The molecule has 0 spiro atoms. The molecule has 0 fully saturated rings. The molecule has 0 aliphatic heterocycles. The highest BCUT2D eigenvalue weighted by Gasteiger charge is 2.16. The Morgan fingerprint density at radius 2 is 2.19 bits per heavy atom. The zero-order valence-corrected chi connectivity index (χ0v) is 9.82. The number of rotatable bonds is 4. The Kier molecular flexibility index (Phi) is 4.17. The van der Waals surface area contributed by atoms with E-state index < -0.39 is 6.10 Å². The van der Waals surface area contributed by atoms with Crippen molar-refractivity contribution in [3.63, 3.8) is 0 Å². The van der Waals surface area contributed by atoms with Crippen LogP contribution in [0, 0.1) is 6.92 Å². The van der Waals surface area contributed by atoms with Crippen LogP contribution < -0.4 is 10.5 Å². The molecule has 0 heterocycles. The van der Waals surface area contributed by atoms with Gasteiger partial charge in [0.15, 0.2) is 6.10 Å². The van der Waals surface area contributed by atoms with E-state index in [1.54, 1.807) is 32.0 Å². The fourth-order valence-corrected chi connectivity index (χ4v) is 1.26. The molecule has 0 aromatic heterocycles. The molecule has 2 N–H and O–H groups in total. The molecule has 4 heteroatoms. The summed E-state index contributed by atoms with van der Waals surface area (Å²) in [4.78, 5) is 11.4. The minimum absolute atomic E-state index is 0.350. The van der Waals surface area contributed by atoms with Crippen LogP contribution in [0.3, 0.4) is 0 Å². The summed E-state index contributed by atoms with van der Waals surface area (Å²) in [5.41, 5.74) is 7.21. The SMILES string of the molecule is CCOC(=O)C(C)Oc1cccc(N)c1C. The lowest BCUT2D eigenvalue weighted by atomic mass is 10.2. The lowest BCUT2D eigenvalue weighted by Gasteiger charge is -2.15. The highest BCUT2D eigenvalue weighted by atomic mass is 16.6. The first kappa shape index (κ1) is 12.4. The van der Waals surface area contributed by atoms with Crippen LogP contribution in [0.2, 0.25) is 0 Å². The lowest BCUT2D eigenvalue weighted by Crippen LogP contribution is -2.26. The highest BCUT2D eigenvalue weighted by molar-refractivity contribution is 5.74. The predicted molar refractivity (Wildman–Crippen MR) is 62.3 cm³/mol. The van der Waals surface area contributed by atoms with Gasteiger partial charge in [-0.05, 0) is 32.9 Å². The standard InChI is InChI=1S/C12H17NO3/c1-4-15-12(14)9(3)16-11-7-5-6-10(13)8(11)2/h5-7,9H,4,13H2,1-3H3. The summed E-state index contributed by atoms with van der Waals surface area (Å²) in [5.74, 6) is 0.241. The number of benzene rings is 1. The maximum absolute atomic E-state index is 11.4. The molecule has 0 saturated heterocycles. The van der Waals surface area contributed by atoms with Crippen LogP contribution >= 0.6 is 0 Å². The van der Waals surface area contributed by atoms with Gasteiger partial charge < -0.3 is 15.2 Å². The summed E-state index contributed by atoms with van der Waals surface area (Å²) >= 11 is 0. The first-order valence-electron chi connectivity index (χ1n) is 5.24. The second kappa shape index (κ2) is 5.39. The van der Waals surface area contributed by atoms with Gasteiger partial charge in [0.25, 0.3) is 0 Å². The zero-order valence-electron chi connectivity index (χ0n) is 9.82. The second-order valence-corrected chi connectivity index (χ2v) is 3.48. The number of hydrogen-bond donors (Lipinski definition) is 1. The smallest absolute Gasteiger partial charge is 0.347 e. The Labute approximate surface area is 95.3 Å². The van der Waals surface area contributed by atoms with Gasteiger partial charge in [-0.2, -0.15) is 0 Å². The van der Waals surface area contributed by atoms with Crippen molar-refractivity contribution in [2.45, 2.75) is 26.9 Å². The summed E-state index contributed by atoms with van der Waals surface area (Å²) in [6.07, 6.45) is -0.625.